The summed E-state index contributed by atoms with van der Waals surface area (Å²) in [5, 5.41) is 3.54. The zero-order valence-corrected chi connectivity index (χ0v) is 13.5. The molecule has 21 heavy (non-hydrogen) atoms. The van der Waals surface area contributed by atoms with Crippen molar-refractivity contribution in [1.29, 1.82) is 0 Å². The fourth-order valence-corrected chi connectivity index (χ4v) is 2.73. The summed E-state index contributed by atoms with van der Waals surface area (Å²) >= 11 is 0. The van der Waals surface area contributed by atoms with Crippen LogP contribution < -0.4 is 5.32 Å². The third-order valence-electron chi connectivity index (χ3n) is 3.95. The summed E-state index contributed by atoms with van der Waals surface area (Å²) in [6, 6.07) is 8.93. The van der Waals surface area contributed by atoms with Gasteiger partial charge < -0.3 is 5.32 Å². The van der Waals surface area contributed by atoms with E-state index in [1.54, 1.807) is 0 Å². The summed E-state index contributed by atoms with van der Waals surface area (Å²) in [6.45, 7) is 7.60. The standard InChI is InChI=1S/C20H27N/c1-4-18(14-16(2)3)19-10-12-20(13-11-19)21-15-17-8-6-5-7-9-17/h5-8,10-14,17-18,21H,4,9,15H2,1-3H3. The number of nitrogens with one attached hydrogen (secondary N) is 1. The lowest BCUT2D eigenvalue weighted by molar-refractivity contribution is 0.692. The van der Waals surface area contributed by atoms with Crippen molar-refractivity contribution in [3.05, 3.63) is 65.8 Å². The molecule has 2 unspecified atom stereocenters. The largest absolute Gasteiger partial charge is 0.384 e. The number of allylic oxidation sites excluding steroid dienone is 5. The van der Waals surface area contributed by atoms with Crippen LogP contribution in [0.15, 0.2) is 60.2 Å². The first-order valence-electron chi connectivity index (χ1n) is 8.01. The van der Waals surface area contributed by atoms with E-state index in [0.29, 0.717) is 11.8 Å². The van der Waals surface area contributed by atoms with Crippen molar-refractivity contribution >= 4 is 5.69 Å². The lowest BCUT2D eigenvalue weighted by Crippen LogP contribution is -2.12. The number of benzene rings is 1. The van der Waals surface area contributed by atoms with Gasteiger partial charge in [-0.3, -0.25) is 0 Å². The number of anilines is 1. The van der Waals surface area contributed by atoms with Gasteiger partial charge in [-0.05, 0) is 50.3 Å². The number of hydrogen-bond acceptors (Lipinski definition) is 1. The van der Waals surface area contributed by atoms with Crippen LogP contribution in [0.4, 0.5) is 5.69 Å². The minimum absolute atomic E-state index is 0.537. The maximum absolute atomic E-state index is 3.54. The van der Waals surface area contributed by atoms with Crippen LogP contribution in [0.2, 0.25) is 0 Å². The molecule has 2 atom stereocenters. The second-order valence-corrected chi connectivity index (χ2v) is 6.07. The number of rotatable bonds is 6. The zero-order valence-electron chi connectivity index (χ0n) is 13.5. The maximum atomic E-state index is 3.54. The molecule has 0 spiro atoms. The van der Waals surface area contributed by atoms with E-state index < -0.39 is 0 Å². The lowest BCUT2D eigenvalue weighted by Gasteiger charge is -2.16. The molecule has 0 heterocycles. The molecule has 2 rings (SSSR count). The summed E-state index contributed by atoms with van der Waals surface area (Å²) in [6.07, 6.45) is 13.4. The van der Waals surface area contributed by atoms with E-state index in [-0.39, 0.29) is 0 Å². The monoisotopic (exact) mass is 281 g/mol. The third kappa shape index (κ3) is 4.93. The van der Waals surface area contributed by atoms with Crippen LogP contribution >= 0.6 is 0 Å². The molecule has 1 nitrogen and oxygen atoms in total. The topological polar surface area (TPSA) is 12.0 Å². The first-order valence-corrected chi connectivity index (χ1v) is 8.01. The lowest BCUT2D eigenvalue weighted by atomic mass is 9.94. The highest BCUT2D eigenvalue weighted by atomic mass is 14.9. The van der Waals surface area contributed by atoms with Gasteiger partial charge in [0, 0.05) is 18.2 Å². The first kappa shape index (κ1) is 15.6. The van der Waals surface area contributed by atoms with Gasteiger partial charge in [0.2, 0.25) is 0 Å². The first-order chi connectivity index (χ1) is 10.2. The molecule has 0 bridgehead atoms. The second-order valence-electron chi connectivity index (χ2n) is 6.07. The van der Waals surface area contributed by atoms with Crippen LogP contribution in [-0.2, 0) is 0 Å². The normalized spacial score (nSPS) is 18.3. The fourth-order valence-electron chi connectivity index (χ4n) is 2.73. The van der Waals surface area contributed by atoms with Crippen molar-refractivity contribution in [3.63, 3.8) is 0 Å². The van der Waals surface area contributed by atoms with E-state index in [1.807, 2.05) is 0 Å². The van der Waals surface area contributed by atoms with Crippen LogP contribution in [0.25, 0.3) is 0 Å². The minimum Gasteiger partial charge on any atom is -0.384 e. The Kier molecular flexibility index (Phi) is 5.86. The molecule has 0 aliphatic heterocycles. The maximum Gasteiger partial charge on any atom is 0.0340 e. The molecule has 1 aromatic carbocycles. The van der Waals surface area contributed by atoms with Gasteiger partial charge in [0.15, 0.2) is 0 Å². The van der Waals surface area contributed by atoms with E-state index in [2.05, 4.69) is 80.7 Å². The SMILES string of the molecule is CCC(C=C(C)C)c1ccc(NCC2C=CC=CC2)cc1. The Morgan fingerprint density at radius 2 is 2.00 bits per heavy atom. The highest BCUT2D eigenvalue weighted by Crippen LogP contribution is 2.24. The molecule has 0 aromatic heterocycles. The highest BCUT2D eigenvalue weighted by molar-refractivity contribution is 5.46. The van der Waals surface area contributed by atoms with Crippen molar-refractivity contribution in [3.8, 4) is 0 Å². The Labute approximate surface area is 129 Å². The third-order valence-corrected chi connectivity index (χ3v) is 3.95. The summed E-state index contributed by atoms with van der Waals surface area (Å²) in [7, 11) is 0. The molecule has 112 valence electrons. The molecule has 1 aliphatic rings. The quantitative estimate of drug-likeness (QED) is 0.660. The zero-order chi connectivity index (χ0) is 15.1. The van der Waals surface area contributed by atoms with Crippen LogP contribution in [-0.4, -0.2) is 6.54 Å². The van der Waals surface area contributed by atoms with Crippen molar-refractivity contribution in [1.82, 2.24) is 0 Å². The Hall–Kier alpha value is -1.76. The van der Waals surface area contributed by atoms with Gasteiger partial charge in [-0.25, -0.2) is 0 Å². The van der Waals surface area contributed by atoms with E-state index in [1.165, 1.54) is 16.8 Å². The molecule has 1 N–H and O–H groups in total. The number of hydrogen-bond donors (Lipinski definition) is 1. The van der Waals surface area contributed by atoms with Crippen molar-refractivity contribution in [2.75, 3.05) is 11.9 Å². The van der Waals surface area contributed by atoms with Gasteiger partial charge in [0.1, 0.15) is 0 Å². The predicted molar refractivity (Wildman–Crippen MR) is 93.8 cm³/mol. The van der Waals surface area contributed by atoms with E-state index in [0.717, 1.165) is 19.4 Å². The molecule has 0 saturated heterocycles. The Morgan fingerprint density at radius 3 is 2.57 bits per heavy atom. The summed E-state index contributed by atoms with van der Waals surface area (Å²) in [5.41, 5.74) is 4.01. The van der Waals surface area contributed by atoms with Crippen LogP contribution in [0.1, 0.15) is 45.1 Å². The minimum atomic E-state index is 0.537. The predicted octanol–water partition coefficient (Wildman–Crippen LogP) is 5.69. The smallest absolute Gasteiger partial charge is 0.0340 e. The van der Waals surface area contributed by atoms with Gasteiger partial charge in [-0.2, -0.15) is 0 Å². The summed E-state index contributed by atoms with van der Waals surface area (Å²) in [5.74, 6) is 1.15. The van der Waals surface area contributed by atoms with Crippen LogP contribution in [0, 0.1) is 5.92 Å². The molecule has 0 amide bonds. The van der Waals surface area contributed by atoms with Gasteiger partial charge in [0.05, 0.1) is 0 Å². The average Bonchev–Trinajstić information content (AvgIpc) is 2.52. The van der Waals surface area contributed by atoms with Gasteiger partial charge >= 0.3 is 0 Å². The molecular formula is C20H27N. The molecule has 0 radical (unpaired) electrons. The van der Waals surface area contributed by atoms with Crippen molar-refractivity contribution in [2.45, 2.75) is 39.5 Å². The molecule has 1 aliphatic carbocycles. The average molecular weight is 281 g/mol. The molecule has 0 saturated carbocycles. The van der Waals surface area contributed by atoms with Gasteiger partial charge in [0.25, 0.3) is 0 Å². The summed E-state index contributed by atoms with van der Waals surface area (Å²) < 4.78 is 0. The van der Waals surface area contributed by atoms with E-state index in [4.69, 9.17) is 0 Å². The van der Waals surface area contributed by atoms with Gasteiger partial charge in [-0.1, -0.05) is 55.0 Å². The Balaban J connectivity index is 1.93. The van der Waals surface area contributed by atoms with E-state index in [9.17, 15) is 0 Å². The molecule has 1 aromatic rings. The van der Waals surface area contributed by atoms with E-state index >= 15 is 0 Å². The van der Waals surface area contributed by atoms with Crippen LogP contribution in [0.3, 0.4) is 0 Å². The van der Waals surface area contributed by atoms with Crippen LogP contribution in [0.5, 0.6) is 0 Å². The molecule has 1 heteroatoms. The molecule has 0 fully saturated rings. The van der Waals surface area contributed by atoms with Crippen molar-refractivity contribution < 1.29 is 0 Å². The van der Waals surface area contributed by atoms with Crippen molar-refractivity contribution in [2.24, 2.45) is 5.92 Å². The fraction of sp³-hybridized carbons (Fsp3) is 0.400. The molecular weight excluding hydrogens is 254 g/mol. The Morgan fingerprint density at radius 1 is 1.24 bits per heavy atom. The highest BCUT2D eigenvalue weighted by Gasteiger charge is 2.07. The Bertz CT molecular complexity index is 515. The van der Waals surface area contributed by atoms with Gasteiger partial charge in [-0.15, -0.1) is 0 Å². The second kappa shape index (κ2) is 7.87. The summed E-state index contributed by atoms with van der Waals surface area (Å²) in [4.78, 5) is 0.